The fourth-order valence-corrected chi connectivity index (χ4v) is 3.72. The number of carbonyl (C=O) groups excluding carboxylic acids is 1. The van der Waals surface area contributed by atoms with Crippen molar-refractivity contribution < 1.29 is 19.3 Å². The minimum absolute atomic E-state index is 0.211. The highest BCUT2D eigenvalue weighted by molar-refractivity contribution is 5.80. The Morgan fingerprint density at radius 1 is 0.788 bits per heavy atom. The van der Waals surface area contributed by atoms with Crippen molar-refractivity contribution in [2.24, 2.45) is 0 Å². The summed E-state index contributed by atoms with van der Waals surface area (Å²) in [5, 5.41) is 0. The first-order valence-corrected chi connectivity index (χ1v) is 13.2. The lowest BCUT2D eigenvalue weighted by atomic mass is 10.0. The molecule has 0 aromatic heterocycles. The summed E-state index contributed by atoms with van der Waals surface area (Å²) in [7, 11) is 0. The van der Waals surface area contributed by atoms with Crippen molar-refractivity contribution in [3.63, 3.8) is 0 Å². The lowest BCUT2D eigenvalue weighted by Gasteiger charge is -2.13. The topological polar surface area (TPSA) is 44.8 Å². The molecule has 0 aliphatic rings. The van der Waals surface area contributed by atoms with E-state index in [1.807, 2.05) is 24.3 Å². The van der Waals surface area contributed by atoms with E-state index in [0.717, 1.165) is 43.1 Å². The molecule has 0 heterocycles. The molecule has 186 valence electrons. The van der Waals surface area contributed by atoms with E-state index >= 15 is 0 Å². The molecular weight excluding hydrogens is 412 g/mol. The fourth-order valence-electron chi connectivity index (χ4n) is 3.72. The molecule has 1 aromatic rings. The molecule has 33 heavy (non-hydrogen) atoms. The normalized spacial score (nSPS) is 11.3. The minimum Gasteiger partial charge on any atom is -0.423 e. The lowest BCUT2D eigenvalue weighted by molar-refractivity contribution is -0.259. The van der Waals surface area contributed by atoms with E-state index in [4.69, 9.17) is 14.5 Å². The Morgan fingerprint density at radius 3 is 2.00 bits per heavy atom. The van der Waals surface area contributed by atoms with E-state index in [1.54, 1.807) is 0 Å². The van der Waals surface area contributed by atoms with Crippen LogP contribution in [-0.4, -0.2) is 5.97 Å². The Kier molecular flexibility index (Phi) is 17.8. The predicted octanol–water partition coefficient (Wildman–Crippen LogP) is 9.00. The molecule has 0 spiro atoms. The van der Waals surface area contributed by atoms with Crippen molar-refractivity contribution in [1.82, 2.24) is 0 Å². The molecule has 0 radical (unpaired) electrons. The lowest BCUT2D eigenvalue weighted by Crippen LogP contribution is -2.07. The van der Waals surface area contributed by atoms with Crippen molar-refractivity contribution in [3.8, 4) is 5.75 Å². The molecule has 0 saturated carbocycles. The van der Waals surface area contributed by atoms with Crippen molar-refractivity contribution in [3.05, 3.63) is 54.5 Å². The zero-order valence-electron chi connectivity index (χ0n) is 21.1. The molecule has 0 N–H and O–H groups in total. The highest BCUT2D eigenvalue weighted by Crippen LogP contribution is 2.24. The van der Waals surface area contributed by atoms with Crippen LogP contribution in [0.25, 0.3) is 0 Å². The summed E-state index contributed by atoms with van der Waals surface area (Å²) < 4.78 is 6.04. The van der Waals surface area contributed by atoms with Crippen LogP contribution in [0, 0.1) is 0 Å². The standard InChI is InChI=1S/C29H46O4/c1-4-7-9-11-13-15-17-19-25-29(33-32-28(30)6-3)31-27-24-21-20-23-26(27)22-18-16-14-12-10-8-5-2/h6,20-21,23-25H,3-5,7-19,22H2,1-2H3/b29-25+. The second kappa shape index (κ2) is 20.4. The first-order chi connectivity index (χ1) is 16.2. The molecule has 0 unspecified atom stereocenters. The average molecular weight is 459 g/mol. The van der Waals surface area contributed by atoms with Crippen LogP contribution in [0.5, 0.6) is 5.75 Å². The van der Waals surface area contributed by atoms with Crippen molar-refractivity contribution >= 4 is 5.97 Å². The Bertz CT molecular complexity index is 665. The van der Waals surface area contributed by atoms with Gasteiger partial charge in [0, 0.05) is 12.2 Å². The van der Waals surface area contributed by atoms with Crippen LogP contribution in [0.15, 0.2) is 48.9 Å². The van der Waals surface area contributed by atoms with Gasteiger partial charge in [0.2, 0.25) is 0 Å². The molecule has 0 bridgehead atoms. The van der Waals surface area contributed by atoms with E-state index < -0.39 is 5.97 Å². The molecule has 0 aliphatic carbocycles. The van der Waals surface area contributed by atoms with E-state index in [1.165, 1.54) is 77.0 Å². The van der Waals surface area contributed by atoms with Gasteiger partial charge in [0.25, 0.3) is 0 Å². The second-order valence-electron chi connectivity index (χ2n) is 8.70. The number of carbonyl (C=O) groups is 1. The largest absolute Gasteiger partial charge is 0.423 e. The monoisotopic (exact) mass is 458 g/mol. The third-order valence-electron chi connectivity index (χ3n) is 5.72. The molecule has 0 aliphatic heterocycles. The van der Waals surface area contributed by atoms with Crippen LogP contribution in [0.3, 0.4) is 0 Å². The number of unbranched alkanes of at least 4 members (excludes halogenated alkanes) is 13. The Hall–Kier alpha value is -2.23. The number of allylic oxidation sites excluding steroid dienone is 1. The molecule has 1 rings (SSSR count). The van der Waals surface area contributed by atoms with Gasteiger partial charge in [-0.2, -0.15) is 0 Å². The number of hydrogen-bond donors (Lipinski definition) is 0. The summed E-state index contributed by atoms with van der Waals surface area (Å²) in [5.41, 5.74) is 1.14. The Labute approximate surface area is 202 Å². The van der Waals surface area contributed by atoms with Crippen LogP contribution in [-0.2, 0) is 21.0 Å². The number of hydrogen-bond acceptors (Lipinski definition) is 4. The summed E-state index contributed by atoms with van der Waals surface area (Å²) in [6.07, 6.45) is 22.3. The first-order valence-electron chi connectivity index (χ1n) is 13.2. The summed E-state index contributed by atoms with van der Waals surface area (Å²) >= 11 is 0. The third kappa shape index (κ3) is 15.3. The number of rotatable bonds is 21. The Balaban J connectivity index is 2.57. The van der Waals surface area contributed by atoms with E-state index in [2.05, 4.69) is 26.5 Å². The first kappa shape index (κ1) is 28.8. The molecule has 0 atom stereocenters. The second-order valence-corrected chi connectivity index (χ2v) is 8.70. The molecule has 0 saturated heterocycles. The van der Waals surface area contributed by atoms with Gasteiger partial charge in [0.15, 0.2) is 0 Å². The van der Waals surface area contributed by atoms with E-state index in [-0.39, 0.29) is 5.95 Å². The number of para-hydroxylation sites is 1. The van der Waals surface area contributed by atoms with E-state index in [0.29, 0.717) is 0 Å². The SMILES string of the molecule is C=CC(=O)OO/C(=C/CCCCCCCCC)Oc1ccccc1CCCCCCCCC. The zero-order valence-corrected chi connectivity index (χ0v) is 21.1. The summed E-state index contributed by atoms with van der Waals surface area (Å²) in [6, 6.07) is 8.02. The van der Waals surface area contributed by atoms with Gasteiger partial charge in [0.05, 0.1) is 0 Å². The highest BCUT2D eigenvalue weighted by atomic mass is 17.2. The molecule has 1 aromatic carbocycles. The van der Waals surface area contributed by atoms with Gasteiger partial charge in [-0.15, -0.1) is 0 Å². The smallest absolute Gasteiger partial charge is 0.378 e. The van der Waals surface area contributed by atoms with Crippen LogP contribution in [0.2, 0.25) is 0 Å². The van der Waals surface area contributed by atoms with Crippen LogP contribution >= 0.6 is 0 Å². The van der Waals surface area contributed by atoms with Crippen molar-refractivity contribution in [2.75, 3.05) is 0 Å². The highest BCUT2D eigenvalue weighted by Gasteiger charge is 2.10. The molecule has 4 heteroatoms. The number of ether oxygens (including phenoxy) is 1. The molecule has 0 amide bonds. The molecule has 4 nitrogen and oxygen atoms in total. The van der Waals surface area contributed by atoms with Crippen LogP contribution in [0.4, 0.5) is 0 Å². The van der Waals surface area contributed by atoms with Crippen LogP contribution in [0.1, 0.15) is 116 Å². The third-order valence-corrected chi connectivity index (χ3v) is 5.72. The van der Waals surface area contributed by atoms with Gasteiger partial charge in [-0.25, -0.2) is 14.6 Å². The zero-order chi connectivity index (χ0) is 24.0. The van der Waals surface area contributed by atoms with E-state index in [9.17, 15) is 4.79 Å². The van der Waals surface area contributed by atoms with Gasteiger partial charge >= 0.3 is 11.9 Å². The maximum atomic E-state index is 11.5. The number of aryl methyl sites for hydroxylation is 1. The fraction of sp³-hybridized carbons (Fsp3) is 0.621. The molecule has 0 fully saturated rings. The van der Waals surface area contributed by atoms with Gasteiger partial charge in [-0.1, -0.05) is 116 Å². The van der Waals surface area contributed by atoms with Gasteiger partial charge < -0.3 is 4.74 Å². The Morgan fingerprint density at radius 2 is 1.36 bits per heavy atom. The maximum Gasteiger partial charge on any atom is 0.378 e. The van der Waals surface area contributed by atoms with Gasteiger partial charge in [-0.05, 0) is 37.3 Å². The van der Waals surface area contributed by atoms with Crippen molar-refractivity contribution in [1.29, 1.82) is 0 Å². The number of benzene rings is 1. The average Bonchev–Trinajstić information content (AvgIpc) is 2.84. The maximum absolute atomic E-state index is 11.5. The van der Waals surface area contributed by atoms with Crippen LogP contribution < -0.4 is 4.74 Å². The molecular formula is C29H46O4. The summed E-state index contributed by atoms with van der Waals surface area (Å²) in [4.78, 5) is 21.5. The predicted molar refractivity (Wildman–Crippen MR) is 137 cm³/mol. The quantitative estimate of drug-likeness (QED) is 0.0606. The summed E-state index contributed by atoms with van der Waals surface area (Å²) in [5.74, 6) is 0.323. The van der Waals surface area contributed by atoms with Gasteiger partial charge in [-0.3, -0.25) is 0 Å². The van der Waals surface area contributed by atoms with Crippen molar-refractivity contribution in [2.45, 2.75) is 117 Å². The minimum atomic E-state index is -0.642. The van der Waals surface area contributed by atoms with Gasteiger partial charge in [0.1, 0.15) is 5.75 Å². The summed E-state index contributed by atoms with van der Waals surface area (Å²) in [6.45, 7) is 7.88.